The SMILES string of the molecule is CC(C)(C)CN1c2cc(F)c(F)cc2NCC1c1ccccc1. The molecule has 1 aliphatic rings. The third kappa shape index (κ3) is 3.31. The molecular weight excluding hydrogens is 294 g/mol. The van der Waals surface area contributed by atoms with Crippen molar-refractivity contribution in [3.05, 3.63) is 59.7 Å². The largest absolute Gasteiger partial charge is 0.381 e. The summed E-state index contributed by atoms with van der Waals surface area (Å²) in [6.45, 7) is 7.87. The van der Waals surface area contributed by atoms with Gasteiger partial charge in [0.1, 0.15) is 0 Å². The second-order valence-electron chi connectivity index (χ2n) is 7.28. The van der Waals surface area contributed by atoms with E-state index < -0.39 is 11.6 Å². The monoisotopic (exact) mass is 316 g/mol. The van der Waals surface area contributed by atoms with Crippen molar-refractivity contribution in [1.82, 2.24) is 0 Å². The van der Waals surface area contributed by atoms with Gasteiger partial charge in [0, 0.05) is 25.2 Å². The number of hydrogen-bond acceptors (Lipinski definition) is 2. The first-order valence-electron chi connectivity index (χ1n) is 7.90. The zero-order valence-corrected chi connectivity index (χ0v) is 13.7. The van der Waals surface area contributed by atoms with Gasteiger partial charge >= 0.3 is 0 Å². The summed E-state index contributed by atoms with van der Waals surface area (Å²) in [5.74, 6) is -1.62. The quantitative estimate of drug-likeness (QED) is 0.840. The fraction of sp³-hybridized carbons (Fsp3) is 0.368. The summed E-state index contributed by atoms with van der Waals surface area (Å²) in [4.78, 5) is 2.18. The predicted molar refractivity (Wildman–Crippen MR) is 90.8 cm³/mol. The van der Waals surface area contributed by atoms with E-state index in [2.05, 4.69) is 43.1 Å². The third-order valence-corrected chi connectivity index (χ3v) is 4.04. The van der Waals surface area contributed by atoms with Crippen molar-refractivity contribution in [3.8, 4) is 0 Å². The molecule has 0 bridgehead atoms. The molecule has 0 saturated heterocycles. The maximum atomic E-state index is 13.8. The van der Waals surface area contributed by atoms with Crippen molar-refractivity contribution >= 4 is 11.4 Å². The number of anilines is 2. The molecule has 0 fully saturated rings. The fourth-order valence-corrected chi connectivity index (χ4v) is 3.08. The minimum atomic E-state index is -0.815. The minimum absolute atomic E-state index is 0.0342. The zero-order valence-electron chi connectivity index (χ0n) is 13.7. The number of nitrogens with zero attached hydrogens (tertiary/aromatic N) is 1. The molecule has 3 rings (SSSR count). The highest BCUT2D eigenvalue weighted by Crippen LogP contribution is 2.40. The van der Waals surface area contributed by atoms with Crippen LogP contribution in [0.2, 0.25) is 0 Å². The van der Waals surface area contributed by atoms with E-state index in [0.717, 1.165) is 12.2 Å². The lowest BCUT2D eigenvalue weighted by Gasteiger charge is -2.43. The summed E-state index contributed by atoms with van der Waals surface area (Å²) < 4.78 is 27.4. The maximum absolute atomic E-state index is 13.8. The molecule has 2 aromatic carbocycles. The van der Waals surface area contributed by atoms with Crippen molar-refractivity contribution in [2.24, 2.45) is 5.41 Å². The van der Waals surface area contributed by atoms with Crippen LogP contribution < -0.4 is 10.2 Å². The highest BCUT2D eigenvalue weighted by molar-refractivity contribution is 5.73. The molecule has 0 saturated carbocycles. The molecule has 122 valence electrons. The van der Waals surface area contributed by atoms with Crippen molar-refractivity contribution in [1.29, 1.82) is 0 Å². The van der Waals surface area contributed by atoms with Gasteiger partial charge in [-0.3, -0.25) is 0 Å². The standard InChI is InChI=1S/C19H22F2N2/c1-19(2,3)12-23-17-10-15(21)14(20)9-16(17)22-11-18(23)13-7-5-4-6-8-13/h4-10,18,22H,11-12H2,1-3H3. The van der Waals surface area contributed by atoms with Gasteiger partial charge < -0.3 is 10.2 Å². The van der Waals surface area contributed by atoms with E-state index in [1.54, 1.807) is 0 Å². The van der Waals surface area contributed by atoms with Gasteiger partial charge in [0.25, 0.3) is 0 Å². The highest BCUT2D eigenvalue weighted by atomic mass is 19.2. The first-order chi connectivity index (χ1) is 10.8. The second kappa shape index (κ2) is 5.84. The van der Waals surface area contributed by atoms with Gasteiger partial charge in [-0.2, -0.15) is 0 Å². The summed E-state index contributed by atoms with van der Waals surface area (Å²) in [6.07, 6.45) is 0. The molecule has 0 radical (unpaired) electrons. The summed E-state index contributed by atoms with van der Waals surface area (Å²) >= 11 is 0. The van der Waals surface area contributed by atoms with Crippen LogP contribution >= 0.6 is 0 Å². The smallest absolute Gasteiger partial charge is 0.161 e. The Morgan fingerprint density at radius 3 is 2.39 bits per heavy atom. The Labute approximate surface area is 136 Å². The van der Waals surface area contributed by atoms with Crippen molar-refractivity contribution in [3.63, 3.8) is 0 Å². The minimum Gasteiger partial charge on any atom is -0.381 e. The van der Waals surface area contributed by atoms with Gasteiger partial charge in [0.05, 0.1) is 17.4 Å². The lowest BCUT2D eigenvalue weighted by atomic mass is 9.92. The van der Waals surface area contributed by atoms with Gasteiger partial charge in [-0.25, -0.2) is 8.78 Å². The molecule has 23 heavy (non-hydrogen) atoms. The third-order valence-electron chi connectivity index (χ3n) is 4.04. The lowest BCUT2D eigenvalue weighted by molar-refractivity contribution is 0.390. The van der Waals surface area contributed by atoms with Crippen LogP contribution in [0.15, 0.2) is 42.5 Å². The van der Waals surface area contributed by atoms with Gasteiger partial charge in [0.2, 0.25) is 0 Å². The Hall–Kier alpha value is -2.10. The molecule has 1 N–H and O–H groups in total. The Bertz CT molecular complexity index is 693. The van der Waals surface area contributed by atoms with Gasteiger partial charge in [-0.1, -0.05) is 51.1 Å². The summed E-state index contributed by atoms with van der Waals surface area (Å²) in [7, 11) is 0. The molecule has 2 nitrogen and oxygen atoms in total. The molecule has 1 unspecified atom stereocenters. The van der Waals surface area contributed by atoms with Crippen molar-refractivity contribution < 1.29 is 8.78 Å². The number of nitrogens with one attached hydrogen (secondary N) is 1. The number of fused-ring (bicyclic) bond motifs is 1. The molecule has 1 heterocycles. The predicted octanol–water partition coefficient (Wildman–Crippen LogP) is 4.98. The van der Waals surface area contributed by atoms with Crippen molar-refractivity contribution in [2.45, 2.75) is 26.8 Å². The normalized spacial score (nSPS) is 17.6. The van der Waals surface area contributed by atoms with E-state index >= 15 is 0 Å². The van der Waals surface area contributed by atoms with E-state index in [1.807, 2.05) is 18.2 Å². The topological polar surface area (TPSA) is 15.3 Å². The van der Waals surface area contributed by atoms with Crippen LogP contribution in [0.25, 0.3) is 0 Å². The Kier molecular flexibility index (Phi) is 4.00. The van der Waals surface area contributed by atoms with E-state index in [9.17, 15) is 8.78 Å². The fourth-order valence-electron chi connectivity index (χ4n) is 3.08. The lowest BCUT2D eigenvalue weighted by Crippen LogP contribution is -2.42. The molecular formula is C19H22F2N2. The molecule has 2 aromatic rings. The highest BCUT2D eigenvalue weighted by Gasteiger charge is 2.31. The zero-order chi connectivity index (χ0) is 16.6. The first-order valence-corrected chi connectivity index (χ1v) is 7.90. The Morgan fingerprint density at radius 2 is 1.74 bits per heavy atom. The second-order valence-corrected chi connectivity index (χ2v) is 7.28. The van der Waals surface area contributed by atoms with Crippen LogP contribution in [0.4, 0.5) is 20.2 Å². The van der Waals surface area contributed by atoms with Crippen LogP contribution in [-0.2, 0) is 0 Å². The van der Waals surface area contributed by atoms with E-state index in [1.165, 1.54) is 17.7 Å². The Balaban J connectivity index is 2.06. The van der Waals surface area contributed by atoms with E-state index in [-0.39, 0.29) is 11.5 Å². The maximum Gasteiger partial charge on any atom is 0.161 e. The number of benzene rings is 2. The van der Waals surface area contributed by atoms with Gasteiger partial charge in [-0.05, 0) is 11.0 Å². The number of halogens is 2. The summed E-state index contributed by atoms with van der Waals surface area (Å²) in [5.41, 5.74) is 2.57. The molecule has 1 aliphatic heterocycles. The van der Waals surface area contributed by atoms with Crippen LogP contribution in [-0.4, -0.2) is 13.1 Å². The summed E-state index contributed by atoms with van der Waals surface area (Å²) in [5, 5.41) is 3.25. The molecule has 1 atom stereocenters. The molecule has 4 heteroatoms. The first kappa shape index (κ1) is 15.8. The Morgan fingerprint density at radius 1 is 1.09 bits per heavy atom. The van der Waals surface area contributed by atoms with Crippen LogP contribution in [0.3, 0.4) is 0 Å². The molecule has 0 amide bonds. The van der Waals surface area contributed by atoms with Crippen LogP contribution in [0, 0.1) is 17.0 Å². The number of hydrogen-bond donors (Lipinski definition) is 1. The van der Waals surface area contributed by atoms with E-state index in [0.29, 0.717) is 12.2 Å². The molecule has 0 aromatic heterocycles. The molecule has 0 aliphatic carbocycles. The summed E-state index contributed by atoms with van der Waals surface area (Å²) in [6, 6.07) is 12.8. The van der Waals surface area contributed by atoms with Crippen LogP contribution in [0.1, 0.15) is 32.4 Å². The van der Waals surface area contributed by atoms with Crippen molar-refractivity contribution in [2.75, 3.05) is 23.3 Å². The average molecular weight is 316 g/mol. The number of rotatable bonds is 2. The molecule has 0 spiro atoms. The average Bonchev–Trinajstić information content (AvgIpc) is 2.49. The van der Waals surface area contributed by atoms with Crippen LogP contribution in [0.5, 0.6) is 0 Å². The van der Waals surface area contributed by atoms with E-state index in [4.69, 9.17) is 0 Å². The van der Waals surface area contributed by atoms with Gasteiger partial charge in [-0.15, -0.1) is 0 Å². The van der Waals surface area contributed by atoms with Gasteiger partial charge in [0.15, 0.2) is 11.6 Å².